The van der Waals surface area contributed by atoms with Crippen molar-refractivity contribution in [3.63, 3.8) is 0 Å². The molecule has 0 fully saturated rings. The number of carboxylic acid groups (broad SMARTS) is 1. The predicted molar refractivity (Wildman–Crippen MR) is 127 cm³/mol. The molecule has 0 unspecified atom stereocenters. The van der Waals surface area contributed by atoms with Crippen LogP contribution in [0.2, 0.25) is 0 Å². The third-order valence-electron chi connectivity index (χ3n) is 6.71. The highest BCUT2D eigenvalue weighted by molar-refractivity contribution is 5.86. The molecule has 0 radical (unpaired) electrons. The predicted octanol–water partition coefficient (Wildman–Crippen LogP) is 3.24. The van der Waals surface area contributed by atoms with Gasteiger partial charge >= 0.3 is 12.1 Å². The number of carboxylic acids is 1. The normalized spacial score (nSPS) is 12.6. The lowest BCUT2D eigenvalue weighted by atomic mass is 9.80. The minimum Gasteiger partial charge on any atom is -0.480 e. The molecule has 1 aliphatic carbocycles. The lowest BCUT2D eigenvalue weighted by Crippen LogP contribution is -2.51. The number of fused-ring (bicyclic) bond motifs is 3. The number of ether oxygens (including phenoxy) is 1. The van der Waals surface area contributed by atoms with Crippen molar-refractivity contribution in [2.75, 3.05) is 32.8 Å². The number of aliphatic hydroxyl groups excluding tert-OH is 1. The summed E-state index contributed by atoms with van der Waals surface area (Å²) in [5.41, 5.74) is 3.50. The summed E-state index contributed by atoms with van der Waals surface area (Å²) in [4.78, 5) is 38.1. The van der Waals surface area contributed by atoms with Gasteiger partial charge < -0.3 is 25.2 Å². The van der Waals surface area contributed by atoms with Gasteiger partial charge in [-0.3, -0.25) is 9.59 Å². The molecule has 0 aromatic heterocycles. The van der Waals surface area contributed by atoms with Gasteiger partial charge in [0.15, 0.2) is 0 Å². The van der Waals surface area contributed by atoms with E-state index in [1.54, 1.807) is 0 Å². The van der Waals surface area contributed by atoms with Crippen LogP contribution < -0.4 is 5.32 Å². The number of amides is 2. The van der Waals surface area contributed by atoms with E-state index in [0.29, 0.717) is 12.8 Å². The van der Waals surface area contributed by atoms with Crippen LogP contribution in [0.15, 0.2) is 48.5 Å². The summed E-state index contributed by atoms with van der Waals surface area (Å²) in [5.74, 6) is -1.64. The Morgan fingerprint density at radius 2 is 1.56 bits per heavy atom. The smallest absolute Gasteiger partial charge is 0.407 e. The number of hydrogen-bond acceptors (Lipinski definition) is 5. The van der Waals surface area contributed by atoms with Crippen LogP contribution in [0, 0.1) is 5.41 Å². The van der Waals surface area contributed by atoms with E-state index in [4.69, 9.17) is 9.84 Å². The standard InChI is InChI=1S/C26H32N2O6/c1-3-26(4-2,24(32)28(13-14-29)15-23(30)31)17-27-25(33)34-16-22-20-11-7-5-9-18(20)19-10-6-8-12-21(19)22/h5-12,22,29H,3-4,13-17H2,1-2H3,(H,27,33)(H,30,31). The second-order valence-electron chi connectivity index (χ2n) is 8.51. The van der Waals surface area contributed by atoms with Crippen LogP contribution in [-0.4, -0.2) is 65.9 Å². The molecule has 8 heteroatoms. The number of aliphatic hydroxyl groups is 1. The van der Waals surface area contributed by atoms with Crippen LogP contribution in [0.5, 0.6) is 0 Å². The van der Waals surface area contributed by atoms with E-state index < -0.39 is 29.9 Å². The van der Waals surface area contributed by atoms with Crippen molar-refractivity contribution in [3.8, 4) is 11.1 Å². The second kappa shape index (κ2) is 11.2. The van der Waals surface area contributed by atoms with E-state index >= 15 is 0 Å². The van der Waals surface area contributed by atoms with Gasteiger partial charge in [-0.05, 0) is 35.1 Å². The molecule has 2 aromatic carbocycles. The van der Waals surface area contributed by atoms with Crippen LogP contribution in [-0.2, 0) is 14.3 Å². The maximum Gasteiger partial charge on any atom is 0.407 e. The van der Waals surface area contributed by atoms with Crippen LogP contribution >= 0.6 is 0 Å². The van der Waals surface area contributed by atoms with E-state index in [-0.39, 0.29) is 32.2 Å². The van der Waals surface area contributed by atoms with Gasteiger partial charge in [0.1, 0.15) is 13.2 Å². The summed E-state index contributed by atoms with van der Waals surface area (Å²) in [6.45, 7) is 2.87. The lowest BCUT2D eigenvalue weighted by Gasteiger charge is -2.35. The number of nitrogens with one attached hydrogen (secondary N) is 1. The number of hydrogen-bond donors (Lipinski definition) is 3. The first-order valence-corrected chi connectivity index (χ1v) is 11.6. The first-order chi connectivity index (χ1) is 16.4. The molecule has 2 amide bonds. The molecule has 34 heavy (non-hydrogen) atoms. The molecule has 3 rings (SSSR count). The highest BCUT2D eigenvalue weighted by Crippen LogP contribution is 2.44. The van der Waals surface area contributed by atoms with Gasteiger partial charge in [-0.1, -0.05) is 62.4 Å². The topological polar surface area (TPSA) is 116 Å². The Morgan fingerprint density at radius 1 is 1.00 bits per heavy atom. The number of carbonyl (C=O) groups is 3. The molecule has 0 spiro atoms. The number of nitrogens with zero attached hydrogens (tertiary/aromatic N) is 1. The van der Waals surface area contributed by atoms with Crippen molar-refractivity contribution >= 4 is 18.0 Å². The molecule has 0 atom stereocenters. The molecule has 182 valence electrons. The number of rotatable bonds is 11. The third kappa shape index (κ3) is 5.22. The first-order valence-electron chi connectivity index (χ1n) is 11.6. The zero-order chi connectivity index (χ0) is 24.7. The molecule has 3 N–H and O–H groups in total. The van der Waals surface area contributed by atoms with Crippen LogP contribution in [0.4, 0.5) is 4.79 Å². The fraction of sp³-hybridized carbons (Fsp3) is 0.423. The summed E-state index contributed by atoms with van der Waals surface area (Å²) in [6.07, 6.45) is 0.161. The Balaban J connectivity index is 1.66. The van der Waals surface area contributed by atoms with Crippen molar-refractivity contribution in [1.82, 2.24) is 10.2 Å². The van der Waals surface area contributed by atoms with E-state index in [2.05, 4.69) is 17.4 Å². The molecule has 8 nitrogen and oxygen atoms in total. The number of benzene rings is 2. The molecule has 1 aliphatic rings. The van der Waals surface area contributed by atoms with Crippen LogP contribution in [0.1, 0.15) is 43.7 Å². The molecule has 0 aliphatic heterocycles. The minimum absolute atomic E-state index is 0.0110. The summed E-state index contributed by atoms with van der Waals surface area (Å²) in [6, 6.07) is 16.1. The van der Waals surface area contributed by atoms with Crippen molar-refractivity contribution in [3.05, 3.63) is 59.7 Å². The molecule has 0 bridgehead atoms. The number of alkyl carbamates (subject to hydrolysis) is 1. The van der Waals surface area contributed by atoms with Crippen LogP contribution in [0.3, 0.4) is 0 Å². The van der Waals surface area contributed by atoms with Crippen molar-refractivity contribution in [2.24, 2.45) is 5.41 Å². The fourth-order valence-corrected chi connectivity index (χ4v) is 4.64. The quantitative estimate of drug-likeness (QED) is 0.466. The van der Waals surface area contributed by atoms with Crippen molar-refractivity contribution < 1.29 is 29.3 Å². The van der Waals surface area contributed by atoms with E-state index in [1.165, 1.54) is 0 Å². The third-order valence-corrected chi connectivity index (χ3v) is 6.71. The summed E-state index contributed by atoms with van der Waals surface area (Å²) < 4.78 is 5.57. The number of carbonyl (C=O) groups excluding carboxylic acids is 2. The Morgan fingerprint density at radius 3 is 2.06 bits per heavy atom. The van der Waals surface area contributed by atoms with Gasteiger partial charge in [0.25, 0.3) is 0 Å². The molecule has 0 saturated carbocycles. The highest BCUT2D eigenvalue weighted by atomic mass is 16.5. The zero-order valence-electron chi connectivity index (χ0n) is 19.6. The zero-order valence-corrected chi connectivity index (χ0v) is 19.6. The number of aliphatic carboxylic acids is 1. The largest absolute Gasteiger partial charge is 0.480 e. The van der Waals surface area contributed by atoms with Crippen LogP contribution in [0.25, 0.3) is 11.1 Å². The monoisotopic (exact) mass is 468 g/mol. The molecular formula is C26H32N2O6. The lowest BCUT2D eigenvalue weighted by molar-refractivity contribution is -0.150. The fourth-order valence-electron chi connectivity index (χ4n) is 4.64. The van der Waals surface area contributed by atoms with Gasteiger partial charge in [0, 0.05) is 19.0 Å². The van der Waals surface area contributed by atoms with Gasteiger partial charge in [-0.2, -0.15) is 0 Å². The minimum atomic E-state index is -1.16. The Hall–Kier alpha value is -3.39. The second-order valence-corrected chi connectivity index (χ2v) is 8.51. The van der Waals surface area contributed by atoms with Crippen molar-refractivity contribution in [1.29, 1.82) is 0 Å². The van der Waals surface area contributed by atoms with Gasteiger partial charge in [-0.15, -0.1) is 0 Å². The van der Waals surface area contributed by atoms with Gasteiger partial charge in [0.05, 0.1) is 12.0 Å². The van der Waals surface area contributed by atoms with Crippen molar-refractivity contribution in [2.45, 2.75) is 32.6 Å². The Labute approximate surface area is 199 Å². The summed E-state index contributed by atoms with van der Waals surface area (Å²) in [5, 5.41) is 21.1. The van der Waals surface area contributed by atoms with E-state index in [0.717, 1.165) is 27.2 Å². The maximum absolute atomic E-state index is 13.2. The van der Waals surface area contributed by atoms with E-state index in [1.807, 2.05) is 50.2 Å². The Kier molecular flexibility index (Phi) is 8.28. The molecule has 0 saturated heterocycles. The van der Waals surface area contributed by atoms with Gasteiger partial charge in [0.2, 0.25) is 5.91 Å². The Bertz CT molecular complexity index is 988. The SMILES string of the molecule is CCC(CC)(CNC(=O)OCC1c2ccccc2-c2ccccc21)C(=O)N(CCO)CC(=O)O. The highest BCUT2D eigenvalue weighted by Gasteiger charge is 2.39. The van der Waals surface area contributed by atoms with Gasteiger partial charge in [-0.25, -0.2) is 4.79 Å². The average molecular weight is 469 g/mol. The molecular weight excluding hydrogens is 436 g/mol. The maximum atomic E-state index is 13.2. The molecule has 2 aromatic rings. The average Bonchev–Trinajstić information content (AvgIpc) is 3.16. The molecule has 0 heterocycles. The van der Waals surface area contributed by atoms with E-state index in [9.17, 15) is 19.5 Å². The first kappa shape index (κ1) is 25.2. The summed E-state index contributed by atoms with van der Waals surface area (Å²) >= 11 is 0. The summed E-state index contributed by atoms with van der Waals surface area (Å²) in [7, 11) is 0.